The van der Waals surface area contributed by atoms with E-state index in [0.29, 0.717) is 12.0 Å². The molecule has 1 aromatic heterocycles. The molecular formula is C19H20N2O2. The van der Waals surface area contributed by atoms with Crippen LogP contribution in [0, 0.1) is 5.92 Å². The number of anilines is 1. The molecule has 1 aliphatic heterocycles. The van der Waals surface area contributed by atoms with Crippen molar-refractivity contribution in [2.45, 2.75) is 44.3 Å². The predicted octanol–water partition coefficient (Wildman–Crippen LogP) is 4.13. The molecule has 1 N–H and O–H groups in total. The van der Waals surface area contributed by atoms with Gasteiger partial charge < -0.3 is 14.6 Å². The van der Waals surface area contributed by atoms with Crippen LogP contribution in [0.25, 0.3) is 0 Å². The Balaban J connectivity index is 1.53. The van der Waals surface area contributed by atoms with Gasteiger partial charge >= 0.3 is 0 Å². The van der Waals surface area contributed by atoms with Gasteiger partial charge in [-0.1, -0.05) is 19.1 Å². The first-order valence-electron chi connectivity index (χ1n) is 8.50. The molecule has 3 aliphatic rings. The van der Waals surface area contributed by atoms with Crippen LogP contribution in [0.15, 0.2) is 40.8 Å². The molecule has 118 valence electrons. The highest BCUT2D eigenvalue weighted by Gasteiger charge is 2.44. The number of hydrogen-bond donors (Lipinski definition) is 1. The minimum absolute atomic E-state index is 0.115. The summed E-state index contributed by atoms with van der Waals surface area (Å²) in [6, 6.07) is 12.2. The van der Waals surface area contributed by atoms with Crippen LogP contribution in [0.5, 0.6) is 0 Å². The van der Waals surface area contributed by atoms with Gasteiger partial charge in [-0.2, -0.15) is 0 Å². The Morgan fingerprint density at radius 3 is 2.61 bits per heavy atom. The number of rotatable bonds is 3. The fourth-order valence-electron chi connectivity index (χ4n) is 3.64. The lowest BCUT2D eigenvalue weighted by Gasteiger charge is -2.37. The number of nitrogens with one attached hydrogen (secondary N) is 1. The number of para-hydroxylation sites is 1. The molecule has 3 atom stereocenters. The molecule has 2 aromatic rings. The Kier molecular flexibility index (Phi) is 2.67. The molecule has 0 spiro atoms. The van der Waals surface area contributed by atoms with Crippen molar-refractivity contribution in [1.82, 2.24) is 4.90 Å². The molecule has 1 amide bonds. The molecule has 0 unspecified atom stereocenters. The van der Waals surface area contributed by atoms with Gasteiger partial charge in [0.2, 0.25) is 0 Å². The number of fused-ring (bicyclic) bond motifs is 1. The van der Waals surface area contributed by atoms with Gasteiger partial charge in [0.25, 0.3) is 5.91 Å². The molecule has 2 heterocycles. The molecule has 23 heavy (non-hydrogen) atoms. The Morgan fingerprint density at radius 1 is 1.13 bits per heavy atom. The zero-order chi connectivity index (χ0) is 15.6. The minimum atomic E-state index is -0.187. The summed E-state index contributed by atoms with van der Waals surface area (Å²) in [4.78, 5) is 14.9. The summed E-state index contributed by atoms with van der Waals surface area (Å²) < 4.78 is 6.13. The Labute approximate surface area is 135 Å². The zero-order valence-corrected chi connectivity index (χ0v) is 13.2. The van der Waals surface area contributed by atoms with Crippen LogP contribution in [-0.4, -0.2) is 16.8 Å². The summed E-state index contributed by atoms with van der Waals surface area (Å²) in [6.07, 6.45) is 3.19. The summed E-state index contributed by atoms with van der Waals surface area (Å²) in [6.45, 7) is 2.25. The molecule has 4 heteroatoms. The Hall–Kier alpha value is -2.23. The molecular weight excluding hydrogens is 288 g/mol. The largest absolute Gasteiger partial charge is 0.462 e. The minimum Gasteiger partial charge on any atom is -0.462 e. The van der Waals surface area contributed by atoms with Crippen LogP contribution in [-0.2, 0) is 0 Å². The normalized spacial score (nSPS) is 29.2. The number of nitrogens with zero attached hydrogens (tertiary/aromatic N) is 1. The van der Waals surface area contributed by atoms with E-state index in [2.05, 4.69) is 18.3 Å². The molecule has 1 aromatic carbocycles. The predicted molar refractivity (Wildman–Crippen MR) is 87.2 cm³/mol. The lowest BCUT2D eigenvalue weighted by atomic mass is 10.1. The van der Waals surface area contributed by atoms with E-state index in [0.717, 1.165) is 41.5 Å². The van der Waals surface area contributed by atoms with Crippen molar-refractivity contribution in [1.29, 1.82) is 0 Å². The van der Waals surface area contributed by atoms with Gasteiger partial charge in [0.05, 0.1) is 5.56 Å². The molecule has 4 nitrogen and oxygen atoms in total. The molecule has 0 radical (unpaired) electrons. The molecule has 0 saturated heterocycles. The van der Waals surface area contributed by atoms with Gasteiger partial charge in [0.15, 0.2) is 6.17 Å². The first kappa shape index (κ1) is 13.2. The van der Waals surface area contributed by atoms with Crippen molar-refractivity contribution in [3.63, 3.8) is 0 Å². The third-order valence-electron chi connectivity index (χ3n) is 5.29. The van der Waals surface area contributed by atoms with E-state index >= 15 is 0 Å². The number of hydrogen-bond acceptors (Lipinski definition) is 3. The van der Waals surface area contributed by atoms with Crippen molar-refractivity contribution in [2.24, 2.45) is 5.92 Å². The van der Waals surface area contributed by atoms with Crippen molar-refractivity contribution in [3.8, 4) is 0 Å². The second-order valence-electron chi connectivity index (χ2n) is 7.10. The van der Waals surface area contributed by atoms with Crippen molar-refractivity contribution >= 4 is 11.6 Å². The van der Waals surface area contributed by atoms with Crippen LogP contribution < -0.4 is 5.32 Å². The van der Waals surface area contributed by atoms with E-state index in [9.17, 15) is 4.79 Å². The van der Waals surface area contributed by atoms with E-state index in [-0.39, 0.29) is 12.1 Å². The zero-order valence-electron chi connectivity index (χ0n) is 13.2. The number of amides is 1. The highest BCUT2D eigenvalue weighted by molar-refractivity contribution is 6.02. The van der Waals surface area contributed by atoms with Gasteiger partial charge in [-0.15, -0.1) is 0 Å². The van der Waals surface area contributed by atoms with E-state index < -0.39 is 0 Å². The highest BCUT2D eigenvalue weighted by atomic mass is 16.3. The fraction of sp³-hybridized carbons (Fsp3) is 0.421. The fourth-order valence-corrected chi connectivity index (χ4v) is 3.64. The van der Waals surface area contributed by atoms with Crippen LogP contribution in [0.3, 0.4) is 0 Å². The molecule has 2 aliphatic carbocycles. The quantitative estimate of drug-likeness (QED) is 0.927. The average Bonchev–Trinajstić information content (AvgIpc) is 3.47. The third-order valence-corrected chi connectivity index (χ3v) is 5.29. The lowest BCUT2D eigenvalue weighted by molar-refractivity contribution is 0.0644. The second kappa shape index (κ2) is 4.63. The first-order chi connectivity index (χ1) is 11.2. The smallest absolute Gasteiger partial charge is 0.258 e. The summed E-state index contributed by atoms with van der Waals surface area (Å²) in [5.41, 5.74) is 1.66. The standard InChI is InChI=1S/C19H20N2O2/c1-11-10-14(11)16-8-9-17(23-16)18-20-15-5-3-2-4-13(15)19(22)21(18)12-6-7-12/h2-5,8-9,11-12,14,18,20H,6-7,10H2,1H3/t11-,14-,18+/m0/s1. The molecule has 0 bridgehead atoms. The van der Waals surface area contributed by atoms with Gasteiger partial charge in [-0.25, -0.2) is 0 Å². The maximum Gasteiger partial charge on any atom is 0.258 e. The van der Waals surface area contributed by atoms with E-state index in [1.54, 1.807) is 0 Å². The summed E-state index contributed by atoms with van der Waals surface area (Å²) in [5, 5.41) is 3.51. The van der Waals surface area contributed by atoms with Crippen molar-refractivity contribution in [2.75, 3.05) is 5.32 Å². The van der Waals surface area contributed by atoms with Crippen LogP contribution in [0.1, 0.15) is 60.1 Å². The molecule has 2 saturated carbocycles. The molecule has 5 rings (SSSR count). The van der Waals surface area contributed by atoms with E-state index in [4.69, 9.17) is 4.42 Å². The monoisotopic (exact) mass is 308 g/mol. The maximum absolute atomic E-state index is 12.9. The maximum atomic E-state index is 12.9. The van der Waals surface area contributed by atoms with Crippen LogP contribution >= 0.6 is 0 Å². The number of carbonyl (C=O) groups excluding carboxylic acids is 1. The number of benzene rings is 1. The lowest BCUT2D eigenvalue weighted by Crippen LogP contribution is -2.44. The Morgan fingerprint density at radius 2 is 1.87 bits per heavy atom. The van der Waals surface area contributed by atoms with E-state index in [1.807, 2.05) is 35.2 Å². The number of furan rings is 1. The summed E-state index contributed by atoms with van der Waals surface area (Å²) in [5.74, 6) is 3.31. The molecule has 2 fully saturated rings. The van der Waals surface area contributed by atoms with Crippen LogP contribution in [0.4, 0.5) is 5.69 Å². The first-order valence-corrected chi connectivity index (χ1v) is 8.50. The van der Waals surface area contributed by atoms with Gasteiger partial charge in [0.1, 0.15) is 11.5 Å². The highest BCUT2D eigenvalue weighted by Crippen LogP contribution is 2.48. The average molecular weight is 308 g/mol. The van der Waals surface area contributed by atoms with Gasteiger partial charge in [0, 0.05) is 17.6 Å². The van der Waals surface area contributed by atoms with Crippen molar-refractivity contribution < 1.29 is 9.21 Å². The third kappa shape index (κ3) is 2.08. The van der Waals surface area contributed by atoms with Crippen LogP contribution in [0.2, 0.25) is 0 Å². The summed E-state index contributed by atoms with van der Waals surface area (Å²) in [7, 11) is 0. The number of carbonyl (C=O) groups is 1. The van der Waals surface area contributed by atoms with Gasteiger partial charge in [-0.05, 0) is 49.4 Å². The SMILES string of the molecule is C[C@H]1C[C@@H]1c1ccc([C@@H]2Nc3ccccc3C(=O)N2C2CC2)o1. The van der Waals surface area contributed by atoms with E-state index in [1.165, 1.54) is 6.42 Å². The second-order valence-corrected chi connectivity index (χ2v) is 7.10. The Bertz CT molecular complexity index is 777. The topological polar surface area (TPSA) is 45.5 Å². The van der Waals surface area contributed by atoms with Crippen molar-refractivity contribution in [3.05, 3.63) is 53.5 Å². The summed E-state index contributed by atoms with van der Waals surface area (Å²) >= 11 is 0. The van der Waals surface area contributed by atoms with Gasteiger partial charge in [-0.3, -0.25) is 4.79 Å².